The lowest BCUT2D eigenvalue weighted by atomic mass is 10.0. The maximum atomic E-state index is 6.38. The van der Waals surface area contributed by atoms with Crippen LogP contribution in [0.3, 0.4) is 0 Å². The molecule has 0 aliphatic rings. The molecule has 48 heavy (non-hydrogen) atoms. The Morgan fingerprint density at radius 2 is 1.02 bits per heavy atom. The van der Waals surface area contributed by atoms with E-state index in [4.69, 9.17) is 18.2 Å². The zero-order chi connectivity index (χ0) is 31.6. The molecule has 0 fully saturated rings. The first-order valence-corrected chi connectivity index (χ1v) is 15.9. The highest BCUT2D eigenvalue weighted by Crippen LogP contribution is 2.44. The zero-order valence-electron chi connectivity index (χ0n) is 25.6. The predicted molar refractivity (Wildman–Crippen MR) is 194 cm³/mol. The second-order valence-electron chi connectivity index (χ2n) is 12.0. The molecule has 5 heteroatoms. The number of rotatable bonds is 5. The van der Waals surface area contributed by atoms with E-state index in [1.54, 1.807) is 0 Å². The number of nitrogens with zero attached hydrogens (tertiary/aromatic N) is 2. The van der Waals surface area contributed by atoms with Crippen molar-refractivity contribution in [3.63, 3.8) is 0 Å². The normalized spacial score (nSPS) is 11.8. The van der Waals surface area contributed by atoms with Crippen LogP contribution in [0, 0.1) is 0 Å². The number of anilines is 3. The first-order valence-electron chi connectivity index (χ1n) is 15.9. The molecular weight excluding hydrogens is 592 g/mol. The second-order valence-corrected chi connectivity index (χ2v) is 12.0. The summed E-state index contributed by atoms with van der Waals surface area (Å²) in [5.41, 5.74) is 11.0. The largest absolute Gasteiger partial charge is 0.456 e. The van der Waals surface area contributed by atoms with Crippen LogP contribution in [0.5, 0.6) is 0 Å². The van der Waals surface area contributed by atoms with Crippen LogP contribution in [-0.2, 0) is 0 Å². The van der Waals surface area contributed by atoms with Crippen LogP contribution in [0.1, 0.15) is 0 Å². The number of para-hydroxylation sites is 2. The van der Waals surface area contributed by atoms with E-state index in [-0.39, 0.29) is 0 Å². The van der Waals surface area contributed by atoms with Crippen LogP contribution in [-0.4, -0.2) is 4.98 Å². The van der Waals surface area contributed by atoms with Gasteiger partial charge in [-0.3, -0.25) is 0 Å². The summed E-state index contributed by atoms with van der Waals surface area (Å²) in [6.07, 6.45) is 0. The van der Waals surface area contributed by atoms with E-state index in [2.05, 4.69) is 95.9 Å². The maximum absolute atomic E-state index is 6.38. The minimum absolute atomic E-state index is 0.591. The Labute approximate surface area is 274 Å². The van der Waals surface area contributed by atoms with E-state index in [0.29, 0.717) is 11.5 Å². The van der Waals surface area contributed by atoms with Crippen LogP contribution in [0.4, 0.5) is 17.1 Å². The third kappa shape index (κ3) is 4.22. The summed E-state index contributed by atoms with van der Waals surface area (Å²) in [6.45, 7) is 0. The molecule has 0 spiro atoms. The Hall–Kier alpha value is -6.59. The van der Waals surface area contributed by atoms with Crippen molar-refractivity contribution in [1.82, 2.24) is 4.98 Å². The highest BCUT2D eigenvalue weighted by atomic mass is 16.4. The fourth-order valence-corrected chi connectivity index (χ4v) is 6.84. The average Bonchev–Trinajstić information content (AvgIpc) is 3.84. The Morgan fingerprint density at radius 1 is 0.396 bits per heavy atom. The van der Waals surface area contributed by atoms with Gasteiger partial charge in [0.15, 0.2) is 5.58 Å². The minimum atomic E-state index is 0.591. The second kappa shape index (κ2) is 10.5. The van der Waals surface area contributed by atoms with Crippen molar-refractivity contribution in [1.29, 1.82) is 0 Å². The van der Waals surface area contributed by atoms with Crippen LogP contribution in [0.15, 0.2) is 171 Å². The lowest BCUT2D eigenvalue weighted by Crippen LogP contribution is -2.11. The fraction of sp³-hybridized carbons (Fsp3) is 0. The summed E-state index contributed by atoms with van der Waals surface area (Å²) in [6, 6.07) is 54.0. The molecule has 0 aliphatic carbocycles. The van der Waals surface area contributed by atoms with Gasteiger partial charge >= 0.3 is 0 Å². The molecule has 0 unspecified atom stereocenters. The van der Waals surface area contributed by atoms with Crippen LogP contribution in [0.2, 0.25) is 0 Å². The van der Waals surface area contributed by atoms with Gasteiger partial charge in [-0.05, 0) is 66.2 Å². The Bertz CT molecular complexity index is 2790. The SMILES string of the molecule is c1ccc(-c2nc3cc4c(cc3o2)oc2ccc(N(c3ccc5c(c3)oc3ccccc35)c3ccccc3-c3ccccc3)cc24)cc1. The smallest absolute Gasteiger partial charge is 0.227 e. The van der Waals surface area contributed by atoms with Gasteiger partial charge in [0.2, 0.25) is 5.89 Å². The minimum Gasteiger partial charge on any atom is -0.456 e. The van der Waals surface area contributed by atoms with Gasteiger partial charge in [0.25, 0.3) is 0 Å². The summed E-state index contributed by atoms with van der Waals surface area (Å²) in [5.74, 6) is 0.591. The highest BCUT2D eigenvalue weighted by molar-refractivity contribution is 6.11. The number of fused-ring (bicyclic) bond motifs is 7. The third-order valence-electron chi connectivity index (χ3n) is 9.09. The van der Waals surface area contributed by atoms with E-state index < -0.39 is 0 Å². The van der Waals surface area contributed by atoms with E-state index in [1.165, 1.54) is 0 Å². The molecule has 0 atom stereocenters. The molecule has 0 N–H and O–H groups in total. The standard InChI is InChI=1S/C43H26N2O3/c1-3-11-27(12-4-1)31-15-7-9-17-37(31)45(30-19-21-33-32-16-8-10-18-38(32)46-40(33)24-30)29-20-22-39-34(23-29)35-25-36-42(26-41(35)47-39)48-43(44-36)28-13-5-2-6-14-28/h1-26H. The molecule has 0 saturated carbocycles. The molecule has 0 radical (unpaired) electrons. The molecule has 7 aromatic carbocycles. The molecule has 10 rings (SSSR count). The summed E-state index contributed by atoms with van der Waals surface area (Å²) in [7, 11) is 0. The van der Waals surface area contributed by atoms with Crippen molar-refractivity contribution in [2.24, 2.45) is 0 Å². The van der Waals surface area contributed by atoms with Crippen molar-refractivity contribution < 1.29 is 13.3 Å². The molecule has 0 aliphatic heterocycles. The van der Waals surface area contributed by atoms with E-state index in [1.807, 2.05) is 66.7 Å². The average molecular weight is 619 g/mol. The summed E-state index contributed by atoms with van der Waals surface area (Å²) in [4.78, 5) is 7.14. The molecule has 0 amide bonds. The van der Waals surface area contributed by atoms with E-state index in [0.717, 1.165) is 83.1 Å². The monoisotopic (exact) mass is 618 g/mol. The van der Waals surface area contributed by atoms with Gasteiger partial charge < -0.3 is 18.2 Å². The summed E-state index contributed by atoms with van der Waals surface area (Å²) in [5, 5.41) is 4.18. The van der Waals surface area contributed by atoms with E-state index in [9.17, 15) is 0 Å². The van der Waals surface area contributed by atoms with Gasteiger partial charge in [-0.25, -0.2) is 4.98 Å². The summed E-state index contributed by atoms with van der Waals surface area (Å²) < 4.78 is 18.9. The number of hydrogen-bond acceptors (Lipinski definition) is 5. The third-order valence-corrected chi connectivity index (χ3v) is 9.09. The molecular formula is C43H26N2O3. The van der Waals surface area contributed by atoms with Gasteiger partial charge in [0.05, 0.1) is 5.69 Å². The maximum Gasteiger partial charge on any atom is 0.227 e. The number of hydrogen-bond donors (Lipinski definition) is 0. The molecule has 226 valence electrons. The molecule has 10 aromatic rings. The molecule has 0 bridgehead atoms. The van der Waals surface area contributed by atoms with Crippen LogP contribution >= 0.6 is 0 Å². The van der Waals surface area contributed by atoms with Crippen LogP contribution in [0.25, 0.3) is 77.6 Å². The first-order chi connectivity index (χ1) is 23.8. The number of benzene rings is 7. The topological polar surface area (TPSA) is 55.6 Å². The van der Waals surface area contributed by atoms with Crippen molar-refractivity contribution in [2.45, 2.75) is 0 Å². The van der Waals surface area contributed by atoms with Crippen molar-refractivity contribution in [3.05, 3.63) is 158 Å². The lowest BCUT2D eigenvalue weighted by Gasteiger charge is -2.28. The van der Waals surface area contributed by atoms with Gasteiger partial charge in [-0.2, -0.15) is 0 Å². The lowest BCUT2D eigenvalue weighted by molar-refractivity contribution is 0.617. The fourth-order valence-electron chi connectivity index (χ4n) is 6.84. The first kappa shape index (κ1) is 26.6. The molecule has 3 heterocycles. The Morgan fingerprint density at radius 3 is 1.88 bits per heavy atom. The Balaban J connectivity index is 1.19. The number of oxazole rings is 1. The van der Waals surface area contributed by atoms with Gasteiger partial charge in [0, 0.05) is 56.2 Å². The highest BCUT2D eigenvalue weighted by Gasteiger charge is 2.21. The number of furan rings is 2. The molecule has 5 nitrogen and oxygen atoms in total. The van der Waals surface area contributed by atoms with Gasteiger partial charge in [-0.1, -0.05) is 84.9 Å². The predicted octanol–water partition coefficient (Wildman–Crippen LogP) is 12.4. The van der Waals surface area contributed by atoms with Crippen LogP contribution < -0.4 is 4.90 Å². The van der Waals surface area contributed by atoms with Gasteiger partial charge in [-0.15, -0.1) is 0 Å². The van der Waals surface area contributed by atoms with Crippen molar-refractivity contribution in [2.75, 3.05) is 4.90 Å². The summed E-state index contributed by atoms with van der Waals surface area (Å²) >= 11 is 0. The quantitative estimate of drug-likeness (QED) is 0.192. The zero-order valence-corrected chi connectivity index (χ0v) is 25.6. The van der Waals surface area contributed by atoms with E-state index >= 15 is 0 Å². The van der Waals surface area contributed by atoms with Crippen molar-refractivity contribution in [3.8, 4) is 22.6 Å². The molecule has 3 aromatic heterocycles. The van der Waals surface area contributed by atoms with Gasteiger partial charge in [0.1, 0.15) is 27.8 Å². The van der Waals surface area contributed by atoms with Crippen molar-refractivity contribution >= 4 is 72.0 Å². The number of aromatic nitrogens is 1. The Kier molecular flexibility index (Phi) is 5.81. The molecule has 0 saturated heterocycles.